The summed E-state index contributed by atoms with van der Waals surface area (Å²) in [6, 6.07) is 12.8. The van der Waals surface area contributed by atoms with Crippen LogP contribution in [0.2, 0.25) is 0 Å². The maximum Gasteiger partial charge on any atom is 0.193 e. The maximum absolute atomic E-state index is 12.4. The molecule has 2 aromatic carbocycles. The lowest BCUT2D eigenvalue weighted by Gasteiger charge is -2.07. The third-order valence-corrected chi connectivity index (χ3v) is 3.25. The van der Waals surface area contributed by atoms with Gasteiger partial charge < -0.3 is 10.5 Å². The van der Waals surface area contributed by atoms with Gasteiger partial charge in [0.15, 0.2) is 5.78 Å². The van der Waals surface area contributed by atoms with Crippen LogP contribution in [0, 0.1) is 0 Å². The Morgan fingerprint density at radius 3 is 2.30 bits per heavy atom. The van der Waals surface area contributed by atoms with Crippen molar-refractivity contribution in [2.75, 3.05) is 12.8 Å². The number of nitrogens with two attached hydrogens (primary N) is 1. The van der Waals surface area contributed by atoms with Gasteiger partial charge in [0.1, 0.15) is 5.75 Å². The number of carbonyl (C=O) groups is 1. The molecule has 0 saturated heterocycles. The Bertz CT molecular complexity index is 603. The lowest BCUT2D eigenvalue weighted by molar-refractivity contribution is 0.103. The van der Waals surface area contributed by atoms with E-state index in [1.54, 1.807) is 25.3 Å². The predicted molar refractivity (Wildman–Crippen MR) is 81.3 cm³/mol. The first-order valence-electron chi connectivity index (χ1n) is 6.73. The molecule has 0 saturated carbocycles. The topological polar surface area (TPSA) is 52.3 Å². The van der Waals surface area contributed by atoms with Crippen LogP contribution in [0.25, 0.3) is 0 Å². The van der Waals surface area contributed by atoms with Crippen LogP contribution >= 0.6 is 0 Å². The standard InChI is InChI=1S/C17H19NO2/c1-3-4-12-5-7-13(8-6-12)17(19)14-9-10-16(20-2)15(18)11-14/h5-11H,3-4,18H2,1-2H3. The maximum atomic E-state index is 12.4. The van der Waals surface area contributed by atoms with Crippen molar-refractivity contribution in [2.45, 2.75) is 19.8 Å². The first-order chi connectivity index (χ1) is 9.65. The van der Waals surface area contributed by atoms with Crippen molar-refractivity contribution in [1.82, 2.24) is 0 Å². The highest BCUT2D eigenvalue weighted by atomic mass is 16.5. The van der Waals surface area contributed by atoms with Crippen molar-refractivity contribution in [3.63, 3.8) is 0 Å². The van der Waals surface area contributed by atoms with Gasteiger partial charge in [0.05, 0.1) is 12.8 Å². The highest BCUT2D eigenvalue weighted by molar-refractivity contribution is 6.09. The Morgan fingerprint density at radius 1 is 1.10 bits per heavy atom. The lowest BCUT2D eigenvalue weighted by Crippen LogP contribution is -2.03. The molecule has 2 rings (SSSR count). The van der Waals surface area contributed by atoms with Crippen molar-refractivity contribution in [2.24, 2.45) is 0 Å². The zero-order chi connectivity index (χ0) is 14.5. The number of ether oxygens (including phenoxy) is 1. The molecular weight excluding hydrogens is 250 g/mol. The van der Waals surface area contributed by atoms with Crippen LogP contribution in [0.4, 0.5) is 5.69 Å². The molecule has 0 fully saturated rings. The largest absolute Gasteiger partial charge is 0.495 e. The average molecular weight is 269 g/mol. The molecule has 3 nitrogen and oxygen atoms in total. The molecule has 0 unspecified atom stereocenters. The molecule has 104 valence electrons. The normalized spacial score (nSPS) is 10.3. The summed E-state index contributed by atoms with van der Waals surface area (Å²) in [5.41, 5.74) is 8.81. The van der Waals surface area contributed by atoms with E-state index in [-0.39, 0.29) is 5.78 Å². The van der Waals surface area contributed by atoms with Gasteiger partial charge >= 0.3 is 0 Å². The van der Waals surface area contributed by atoms with Gasteiger partial charge in [-0.05, 0) is 30.2 Å². The first kappa shape index (κ1) is 14.1. The molecule has 2 N–H and O–H groups in total. The zero-order valence-electron chi connectivity index (χ0n) is 11.8. The van der Waals surface area contributed by atoms with Gasteiger partial charge in [0.25, 0.3) is 0 Å². The van der Waals surface area contributed by atoms with E-state index in [0.29, 0.717) is 22.6 Å². The number of rotatable bonds is 5. The highest BCUT2D eigenvalue weighted by Gasteiger charge is 2.11. The van der Waals surface area contributed by atoms with Crippen LogP contribution in [0.15, 0.2) is 42.5 Å². The van der Waals surface area contributed by atoms with Crippen molar-refractivity contribution >= 4 is 11.5 Å². The number of benzene rings is 2. The van der Waals surface area contributed by atoms with Crippen LogP contribution in [-0.2, 0) is 6.42 Å². The van der Waals surface area contributed by atoms with E-state index in [4.69, 9.17) is 10.5 Å². The Kier molecular flexibility index (Phi) is 4.41. The van der Waals surface area contributed by atoms with Crippen molar-refractivity contribution < 1.29 is 9.53 Å². The third-order valence-electron chi connectivity index (χ3n) is 3.25. The molecular formula is C17H19NO2. The molecule has 0 bridgehead atoms. The summed E-state index contributed by atoms with van der Waals surface area (Å²) in [5.74, 6) is 0.558. The fourth-order valence-corrected chi connectivity index (χ4v) is 2.15. The number of aryl methyl sites for hydroxylation is 1. The van der Waals surface area contributed by atoms with E-state index in [9.17, 15) is 4.79 Å². The number of hydrogen-bond donors (Lipinski definition) is 1. The average Bonchev–Trinajstić information content (AvgIpc) is 2.47. The number of ketones is 1. The van der Waals surface area contributed by atoms with Crippen molar-refractivity contribution in [3.8, 4) is 5.75 Å². The first-order valence-corrected chi connectivity index (χ1v) is 6.73. The zero-order valence-corrected chi connectivity index (χ0v) is 11.8. The Labute approximate surface area is 119 Å². The van der Waals surface area contributed by atoms with E-state index in [2.05, 4.69) is 6.92 Å². The van der Waals surface area contributed by atoms with Crippen LogP contribution in [-0.4, -0.2) is 12.9 Å². The van der Waals surface area contributed by atoms with Gasteiger partial charge in [-0.1, -0.05) is 37.6 Å². The number of hydrogen-bond acceptors (Lipinski definition) is 3. The van der Waals surface area contributed by atoms with Crippen LogP contribution < -0.4 is 10.5 Å². The molecule has 0 aliphatic carbocycles. The SMILES string of the molecule is CCCc1ccc(C(=O)c2ccc(OC)c(N)c2)cc1. The highest BCUT2D eigenvalue weighted by Crippen LogP contribution is 2.23. The summed E-state index contributed by atoms with van der Waals surface area (Å²) >= 11 is 0. The lowest BCUT2D eigenvalue weighted by atomic mass is 10.0. The van der Waals surface area contributed by atoms with Gasteiger partial charge in [-0.2, -0.15) is 0 Å². The van der Waals surface area contributed by atoms with Gasteiger partial charge in [-0.3, -0.25) is 4.79 Å². The van der Waals surface area contributed by atoms with E-state index in [1.807, 2.05) is 24.3 Å². The second-order valence-corrected chi connectivity index (χ2v) is 4.73. The molecule has 3 heteroatoms. The smallest absolute Gasteiger partial charge is 0.193 e. The van der Waals surface area contributed by atoms with Crippen LogP contribution in [0.5, 0.6) is 5.75 Å². The summed E-state index contributed by atoms with van der Waals surface area (Å²) in [7, 11) is 1.56. The molecule has 0 aliphatic rings. The van der Waals surface area contributed by atoms with E-state index >= 15 is 0 Å². The molecule has 2 aromatic rings. The quantitative estimate of drug-likeness (QED) is 0.668. The summed E-state index contributed by atoms with van der Waals surface area (Å²) in [4.78, 5) is 12.4. The second kappa shape index (κ2) is 6.24. The third kappa shape index (κ3) is 2.99. The summed E-state index contributed by atoms with van der Waals surface area (Å²) < 4.78 is 5.09. The molecule has 0 amide bonds. The summed E-state index contributed by atoms with van der Waals surface area (Å²) in [6.45, 7) is 2.14. The fraction of sp³-hybridized carbons (Fsp3) is 0.235. The minimum absolute atomic E-state index is 0.0256. The summed E-state index contributed by atoms with van der Waals surface area (Å²) in [5, 5.41) is 0. The minimum atomic E-state index is -0.0256. The van der Waals surface area contributed by atoms with Gasteiger partial charge in [0.2, 0.25) is 0 Å². The van der Waals surface area contributed by atoms with Crippen LogP contribution in [0.3, 0.4) is 0 Å². The van der Waals surface area contributed by atoms with E-state index in [0.717, 1.165) is 12.8 Å². The van der Waals surface area contributed by atoms with E-state index in [1.165, 1.54) is 5.56 Å². The number of carbonyl (C=O) groups excluding carboxylic acids is 1. The van der Waals surface area contributed by atoms with Crippen LogP contribution in [0.1, 0.15) is 34.8 Å². The van der Waals surface area contributed by atoms with E-state index < -0.39 is 0 Å². The minimum Gasteiger partial charge on any atom is -0.495 e. The van der Waals surface area contributed by atoms with Crippen molar-refractivity contribution in [3.05, 3.63) is 59.2 Å². The number of anilines is 1. The number of nitrogen functional groups attached to an aromatic ring is 1. The van der Waals surface area contributed by atoms with Crippen molar-refractivity contribution in [1.29, 1.82) is 0 Å². The monoisotopic (exact) mass is 269 g/mol. The summed E-state index contributed by atoms with van der Waals surface area (Å²) in [6.07, 6.45) is 2.13. The molecule has 0 atom stereocenters. The second-order valence-electron chi connectivity index (χ2n) is 4.73. The molecule has 0 aromatic heterocycles. The van der Waals surface area contributed by atoms with Gasteiger partial charge in [0, 0.05) is 11.1 Å². The molecule has 0 spiro atoms. The Hall–Kier alpha value is -2.29. The van der Waals surface area contributed by atoms with Gasteiger partial charge in [-0.25, -0.2) is 0 Å². The molecule has 0 heterocycles. The Balaban J connectivity index is 2.24. The molecule has 20 heavy (non-hydrogen) atoms. The van der Waals surface area contributed by atoms with Gasteiger partial charge in [-0.15, -0.1) is 0 Å². The molecule has 0 aliphatic heterocycles. The predicted octanol–water partition coefficient (Wildman–Crippen LogP) is 3.46. The number of methoxy groups -OCH3 is 1. The fourth-order valence-electron chi connectivity index (χ4n) is 2.15. The molecule has 0 radical (unpaired) electrons. The Morgan fingerprint density at radius 2 is 1.75 bits per heavy atom.